The first-order chi connectivity index (χ1) is 10.3. The summed E-state index contributed by atoms with van der Waals surface area (Å²) in [4.78, 5) is 2.71. The Balaban J connectivity index is 1.54. The van der Waals surface area contributed by atoms with Crippen LogP contribution in [-0.2, 0) is 0 Å². The molecule has 3 rings (SSSR count). The molecule has 1 aliphatic carbocycles. The molecule has 1 unspecified atom stereocenters. The van der Waals surface area contributed by atoms with E-state index in [0.29, 0.717) is 5.92 Å². The van der Waals surface area contributed by atoms with Gasteiger partial charge in [-0.2, -0.15) is 0 Å². The molecule has 1 aromatic carbocycles. The molecule has 1 aliphatic heterocycles. The zero-order valence-corrected chi connectivity index (χ0v) is 14.7. The van der Waals surface area contributed by atoms with Crippen molar-refractivity contribution in [3.8, 4) is 0 Å². The monoisotopic (exact) mass is 349 g/mol. The highest BCUT2D eigenvalue weighted by atomic mass is 79.9. The average molecular weight is 350 g/mol. The summed E-state index contributed by atoms with van der Waals surface area (Å²) in [6, 6.07) is 11.0. The standard InChI is InChI=1S/C19H28BrN/c20-15-18(17-7-3-1-4-8-17)16-21-13-11-19(12-14-21)9-5-2-6-10-19/h1,3-4,7-8,18H,2,5-6,9-16H2. The molecule has 1 heterocycles. The van der Waals surface area contributed by atoms with Gasteiger partial charge in [0.2, 0.25) is 0 Å². The molecule has 116 valence electrons. The highest BCUT2D eigenvalue weighted by Crippen LogP contribution is 2.44. The summed E-state index contributed by atoms with van der Waals surface area (Å²) in [7, 11) is 0. The molecule has 0 aromatic heterocycles. The molecule has 1 aromatic rings. The highest BCUT2D eigenvalue weighted by molar-refractivity contribution is 9.09. The topological polar surface area (TPSA) is 3.24 Å². The van der Waals surface area contributed by atoms with Crippen LogP contribution in [0.5, 0.6) is 0 Å². The molecule has 0 bridgehead atoms. The fourth-order valence-electron chi connectivity index (χ4n) is 4.29. The number of rotatable bonds is 4. The number of hydrogen-bond acceptors (Lipinski definition) is 1. The van der Waals surface area contributed by atoms with Gasteiger partial charge in [-0.25, -0.2) is 0 Å². The molecule has 0 amide bonds. The van der Waals surface area contributed by atoms with Crippen LogP contribution in [0.15, 0.2) is 30.3 Å². The molecule has 1 spiro atoms. The summed E-state index contributed by atoms with van der Waals surface area (Å²) in [5, 5.41) is 1.07. The molecule has 1 atom stereocenters. The molecule has 0 radical (unpaired) electrons. The van der Waals surface area contributed by atoms with Gasteiger partial charge in [0, 0.05) is 17.8 Å². The zero-order chi connectivity index (χ0) is 14.5. The summed E-state index contributed by atoms with van der Waals surface area (Å²) in [5.41, 5.74) is 2.21. The van der Waals surface area contributed by atoms with Crippen LogP contribution in [0, 0.1) is 5.41 Å². The quantitative estimate of drug-likeness (QED) is 0.674. The van der Waals surface area contributed by atoms with Crippen molar-refractivity contribution < 1.29 is 0 Å². The predicted molar refractivity (Wildman–Crippen MR) is 94.2 cm³/mol. The molecule has 0 N–H and O–H groups in total. The second-order valence-electron chi connectivity index (χ2n) is 7.12. The first kappa shape index (κ1) is 15.6. The summed E-state index contributed by atoms with van der Waals surface area (Å²) in [5.74, 6) is 0.631. The van der Waals surface area contributed by atoms with Crippen molar-refractivity contribution >= 4 is 15.9 Å². The maximum atomic E-state index is 3.72. The molecule has 1 nitrogen and oxygen atoms in total. The van der Waals surface area contributed by atoms with Crippen molar-refractivity contribution in [2.24, 2.45) is 5.41 Å². The minimum atomic E-state index is 0.631. The van der Waals surface area contributed by atoms with Gasteiger partial charge < -0.3 is 4.90 Å². The van der Waals surface area contributed by atoms with E-state index in [1.807, 2.05) is 0 Å². The number of alkyl halides is 1. The summed E-state index contributed by atoms with van der Waals surface area (Å²) < 4.78 is 0. The Kier molecular flexibility index (Phi) is 5.39. The number of nitrogens with zero attached hydrogens (tertiary/aromatic N) is 1. The van der Waals surface area contributed by atoms with Gasteiger partial charge in [-0.05, 0) is 49.8 Å². The number of halogens is 1. The van der Waals surface area contributed by atoms with Gasteiger partial charge in [-0.15, -0.1) is 0 Å². The molecular formula is C19H28BrN. The van der Waals surface area contributed by atoms with Gasteiger partial charge in [-0.1, -0.05) is 65.5 Å². The molecular weight excluding hydrogens is 322 g/mol. The van der Waals surface area contributed by atoms with Crippen LogP contribution in [0.25, 0.3) is 0 Å². The van der Waals surface area contributed by atoms with Gasteiger partial charge >= 0.3 is 0 Å². The Morgan fingerprint density at radius 3 is 2.24 bits per heavy atom. The lowest BCUT2D eigenvalue weighted by Crippen LogP contribution is -2.42. The van der Waals surface area contributed by atoms with Crippen molar-refractivity contribution in [1.82, 2.24) is 4.90 Å². The van der Waals surface area contributed by atoms with E-state index < -0.39 is 0 Å². The lowest BCUT2D eigenvalue weighted by molar-refractivity contribution is 0.0657. The van der Waals surface area contributed by atoms with Gasteiger partial charge in [0.05, 0.1) is 0 Å². The molecule has 2 heteroatoms. The van der Waals surface area contributed by atoms with E-state index in [0.717, 1.165) is 10.7 Å². The van der Waals surface area contributed by atoms with Crippen molar-refractivity contribution in [3.63, 3.8) is 0 Å². The SMILES string of the molecule is BrCC(CN1CCC2(CCCCC2)CC1)c1ccccc1. The molecule has 2 aliphatic rings. The van der Waals surface area contributed by atoms with E-state index in [1.165, 1.54) is 70.1 Å². The number of piperidine rings is 1. The fraction of sp³-hybridized carbons (Fsp3) is 0.684. The smallest absolute Gasteiger partial charge is 0.0112 e. The largest absolute Gasteiger partial charge is 0.303 e. The Morgan fingerprint density at radius 1 is 0.952 bits per heavy atom. The normalized spacial score (nSPS) is 24.0. The second-order valence-corrected chi connectivity index (χ2v) is 7.77. The minimum Gasteiger partial charge on any atom is -0.303 e. The third-order valence-corrected chi connectivity index (χ3v) is 6.55. The van der Waals surface area contributed by atoms with Crippen LogP contribution in [0.1, 0.15) is 56.4 Å². The third kappa shape index (κ3) is 3.90. The summed E-state index contributed by atoms with van der Waals surface area (Å²) in [6.45, 7) is 3.85. The van der Waals surface area contributed by atoms with E-state index in [2.05, 4.69) is 51.2 Å². The minimum absolute atomic E-state index is 0.631. The maximum absolute atomic E-state index is 3.72. The summed E-state index contributed by atoms with van der Waals surface area (Å²) >= 11 is 3.72. The fourth-order valence-corrected chi connectivity index (χ4v) is 4.87. The predicted octanol–water partition coefficient (Wildman–Crippen LogP) is 5.21. The molecule has 1 saturated carbocycles. The third-order valence-electron chi connectivity index (χ3n) is 5.77. The average Bonchev–Trinajstić information content (AvgIpc) is 2.56. The van der Waals surface area contributed by atoms with Crippen molar-refractivity contribution in [3.05, 3.63) is 35.9 Å². The van der Waals surface area contributed by atoms with E-state index in [-0.39, 0.29) is 0 Å². The van der Waals surface area contributed by atoms with Gasteiger partial charge in [0.25, 0.3) is 0 Å². The van der Waals surface area contributed by atoms with E-state index >= 15 is 0 Å². The Labute approximate surface area is 138 Å². The molecule has 2 fully saturated rings. The lowest BCUT2D eigenvalue weighted by atomic mass is 9.68. The zero-order valence-electron chi connectivity index (χ0n) is 13.1. The maximum Gasteiger partial charge on any atom is 0.0112 e. The van der Waals surface area contributed by atoms with Crippen LogP contribution in [-0.4, -0.2) is 29.9 Å². The number of hydrogen-bond donors (Lipinski definition) is 0. The number of benzene rings is 1. The molecule has 1 saturated heterocycles. The Bertz CT molecular complexity index is 414. The number of likely N-dealkylation sites (tertiary alicyclic amines) is 1. The summed E-state index contributed by atoms with van der Waals surface area (Å²) in [6.07, 6.45) is 10.3. The van der Waals surface area contributed by atoms with Gasteiger partial charge in [0.15, 0.2) is 0 Å². The van der Waals surface area contributed by atoms with Gasteiger partial charge in [0.1, 0.15) is 0 Å². The van der Waals surface area contributed by atoms with Gasteiger partial charge in [-0.3, -0.25) is 0 Å². The Hall–Kier alpha value is -0.340. The molecule has 21 heavy (non-hydrogen) atoms. The van der Waals surface area contributed by atoms with E-state index in [9.17, 15) is 0 Å². The van der Waals surface area contributed by atoms with Crippen molar-refractivity contribution in [2.75, 3.05) is 25.0 Å². The van der Waals surface area contributed by atoms with Crippen LogP contribution in [0.3, 0.4) is 0 Å². The lowest BCUT2D eigenvalue weighted by Gasteiger charge is -2.45. The van der Waals surface area contributed by atoms with Crippen LogP contribution in [0.4, 0.5) is 0 Å². The van der Waals surface area contributed by atoms with Crippen molar-refractivity contribution in [1.29, 1.82) is 0 Å². The van der Waals surface area contributed by atoms with E-state index in [1.54, 1.807) is 0 Å². The van der Waals surface area contributed by atoms with Crippen molar-refractivity contribution in [2.45, 2.75) is 50.9 Å². The van der Waals surface area contributed by atoms with Crippen LogP contribution in [0.2, 0.25) is 0 Å². The van der Waals surface area contributed by atoms with Crippen LogP contribution < -0.4 is 0 Å². The Morgan fingerprint density at radius 2 is 1.62 bits per heavy atom. The highest BCUT2D eigenvalue weighted by Gasteiger charge is 2.35. The van der Waals surface area contributed by atoms with E-state index in [4.69, 9.17) is 0 Å². The second kappa shape index (κ2) is 7.28. The first-order valence-corrected chi connectivity index (χ1v) is 9.77. The van der Waals surface area contributed by atoms with Crippen LogP contribution >= 0.6 is 15.9 Å². The first-order valence-electron chi connectivity index (χ1n) is 8.65.